The molecule has 0 aromatic heterocycles. The minimum Gasteiger partial charge on any atom is -0.529 e. The quantitative estimate of drug-likeness (QED) is 0.152. The Morgan fingerprint density at radius 3 is 1.74 bits per heavy atom. The molecule has 0 aliphatic carbocycles. The maximum atomic E-state index is 13.4. The SMILES string of the molecule is COc1ccc(C=O)c(OS(=O)(=O)c2ccc(C)cc2)c1O[Si](c1ccccc1)(c1ccccc1)C(C)(C)C. The van der Waals surface area contributed by atoms with Crippen molar-refractivity contribution < 1.29 is 26.6 Å². The van der Waals surface area contributed by atoms with E-state index in [0.717, 1.165) is 15.9 Å². The van der Waals surface area contributed by atoms with Crippen LogP contribution in [0.15, 0.2) is 102 Å². The Kier molecular flexibility index (Phi) is 7.99. The highest BCUT2D eigenvalue weighted by Crippen LogP contribution is 2.46. The standard InChI is InChI=1S/C31H32O6SSi/c1-23-16-19-25(20-17-23)38(33,34)36-29-24(22-32)18-21-28(35-5)30(29)37-39(31(2,3)4,26-12-8-6-9-13-26)27-14-10-7-11-15-27/h6-22H,1-5H3. The molecule has 4 aromatic rings. The molecule has 0 spiro atoms. The molecule has 0 aliphatic rings. The van der Waals surface area contributed by atoms with Crippen LogP contribution in [-0.4, -0.2) is 30.1 Å². The van der Waals surface area contributed by atoms with E-state index in [1.54, 1.807) is 18.2 Å². The van der Waals surface area contributed by atoms with Gasteiger partial charge in [-0.25, -0.2) is 0 Å². The molecule has 0 heterocycles. The first-order chi connectivity index (χ1) is 18.5. The number of carbonyl (C=O) groups excluding carboxylic acids is 1. The number of hydrogen-bond donors (Lipinski definition) is 0. The molecule has 4 aromatic carbocycles. The van der Waals surface area contributed by atoms with E-state index < -0.39 is 23.5 Å². The molecule has 0 saturated heterocycles. The molecule has 0 saturated carbocycles. The van der Waals surface area contributed by atoms with E-state index in [0.29, 0.717) is 6.29 Å². The van der Waals surface area contributed by atoms with Crippen LogP contribution in [0.5, 0.6) is 17.2 Å². The summed E-state index contributed by atoms with van der Waals surface area (Å²) in [6, 6.07) is 29.1. The Morgan fingerprint density at radius 1 is 0.744 bits per heavy atom. The largest absolute Gasteiger partial charge is 0.529 e. The fourth-order valence-electron chi connectivity index (χ4n) is 4.66. The van der Waals surface area contributed by atoms with Crippen LogP contribution in [-0.2, 0) is 10.1 Å². The highest BCUT2D eigenvalue weighted by molar-refractivity contribution is 7.87. The van der Waals surface area contributed by atoms with Crippen molar-refractivity contribution in [3.8, 4) is 17.2 Å². The average molecular weight is 561 g/mol. The molecule has 8 heteroatoms. The van der Waals surface area contributed by atoms with Crippen molar-refractivity contribution >= 4 is 35.1 Å². The van der Waals surface area contributed by atoms with Gasteiger partial charge in [0, 0.05) is 0 Å². The summed E-state index contributed by atoms with van der Waals surface area (Å²) in [6.07, 6.45) is 0.553. The monoisotopic (exact) mass is 560 g/mol. The van der Waals surface area contributed by atoms with Crippen molar-refractivity contribution in [1.82, 2.24) is 0 Å². The summed E-state index contributed by atoms with van der Waals surface area (Å²) in [4.78, 5) is 12.2. The number of methoxy groups -OCH3 is 1. The number of aldehydes is 1. The third-order valence-electron chi connectivity index (χ3n) is 6.63. The second-order valence-corrected chi connectivity index (χ2v) is 16.0. The molecule has 0 amide bonds. The molecular formula is C31H32O6SSi. The van der Waals surface area contributed by atoms with Gasteiger partial charge in [0.1, 0.15) is 4.90 Å². The Hall–Kier alpha value is -3.88. The van der Waals surface area contributed by atoms with E-state index in [9.17, 15) is 13.2 Å². The van der Waals surface area contributed by atoms with Crippen LogP contribution in [0, 0.1) is 6.92 Å². The first kappa shape index (κ1) is 28.1. The lowest BCUT2D eigenvalue weighted by molar-refractivity contribution is 0.112. The maximum Gasteiger partial charge on any atom is 0.339 e. The minimum atomic E-state index is -4.31. The fourth-order valence-corrected chi connectivity index (χ4v) is 10.0. The van der Waals surface area contributed by atoms with E-state index in [-0.39, 0.29) is 27.7 Å². The molecule has 0 atom stereocenters. The number of hydrogen-bond acceptors (Lipinski definition) is 6. The zero-order valence-corrected chi connectivity index (χ0v) is 24.5. The van der Waals surface area contributed by atoms with Crippen molar-refractivity contribution in [3.63, 3.8) is 0 Å². The van der Waals surface area contributed by atoms with Crippen molar-refractivity contribution in [1.29, 1.82) is 0 Å². The molecule has 0 fully saturated rings. The molecule has 4 rings (SSSR count). The summed E-state index contributed by atoms with van der Waals surface area (Å²) >= 11 is 0. The van der Waals surface area contributed by atoms with Gasteiger partial charge in [0.05, 0.1) is 12.7 Å². The summed E-state index contributed by atoms with van der Waals surface area (Å²) in [5.41, 5.74) is 0.930. The van der Waals surface area contributed by atoms with Crippen LogP contribution in [0.2, 0.25) is 5.04 Å². The Labute approximate surface area is 231 Å². The van der Waals surface area contributed by atoms with E-state index in [1.165, 1.54) is 25.3 Å². The zero-order chi connectivity index (χ0) is 28.3. The minimum absolute atomic E-state index is 0.0272. The van der Waals surface area contributed by atoms with Crippen LogP contribution < -0.4 is 23.7 Å². The van der Waals surface area contributed by atoms with Gasteiger partial charge in [0.2, 0.25) is 0 Å². The first-order valence-electron chi connectivity index (χ1n) is 12.5. The molecule has 202 valence electrons. The predicted octanol–water partition coefficient (Wildman–Crippen LogP) is 5.52. The van der Waals surface area contributed by atoms with Crippen molar-refractivity contribution in [2.24, 2.45) is 0 Å². The van der Waals surface area contributed by atoms with Crippen molar-refractivity contribution in [2.75, 3.05) is 7.11 Å². The van der Waals surface area contributed by atoms with Crippen LogP contribution in [0.1, 0.15) is 36.7 Å². The van der Waals surface area contributed by atoms with Crippen LogP contribution in [0.3, 0.4) is 0 Å². The molecule has 0 radical (unpaired) electrons. The second kappa shape index (κ2) is 11.1. The summed E-state index contributed by atoms with van der Waals surface area (Å²) in [5.74, 6) is 0.104. The van der Waals surface area contributed by atoms with Gasteiger partial charge in [0.25, 0.3) is 0 Å². The second-order valence-electron chi connectivity index (χ2n) is 10.2. The number of rotatable bonds is 9. The van der Waals surface area contributed by atoms with Gasteiger partial charge < -0.3 is 13.3 Å². The number of aryl methyl sites for hydroxylation is 1. The molecule has 39 heavy (non-hydrogen) atoms. The van der Waals surface area contributed by atoms with Crippen LogP contribution >= 0.6 is 0 Å². The topological polar surface area (TPSA) is 78.9 Å². The van der Waals surface area contributed by atoms with Gasteiger partial charge in [-0.3, -0.25) is 4.79 Å². The summed E-state index contributed by atoms with van der Waals surface area (Å²) in [7, 11) is -6.08. The summed E-state index contributed by atoms with van der Waals surface area (Å²) < 4.78 is 45.3. The zero-order valence-electron chi connectivity index (χ0n) is 22.7. The van der Waals surface area contributed by atoms with E-state index >= 15 is 0 Å². The van der Waals surface area contributed by atoms with E-state index in [4.69, 9.17) is 13.3 Å². The Morgan fingerprint density at radius 2 is 1.28 bits per heavy atom. The third kappa shape index (κ3) is 5.48. The number of carbonyl (C=O) groups is 1. The van der Waals surface area contributed by atoms with Gasteiger partial charge in [-0.2, -0.15) is 8.42 Å². The molecule has 6 nitrogen and oxygen atoms in total. The third-order valence-corrected chi connectivity index (χ3v) is 12.8. The van der Waals surface area contributed by atoms with E-state index in [1.807, 2.05) is 67.6 Å². The van der Waals surface area contributed by atoms with Crippen LogP contribution in [0.4, 0.5) is 0 Å². The molecule has 0 N–H and O–H groups in total. The lowest BCUT2D eigenvalue weighted by Crippen LogP contribution is -2.68. The molecule has 0 bridgehead atoms. The van der Waals surface area contributed by atoms with Gasteiger partial charge >= 0.3 is 18.4 Å². The van der Waals surface area contributed by atoms with Gasteiger partial charge in [-0.05, 0) is 46.6 Å². The molecule has 0 unspecified atom stereocenters. The summed E-state index contributed by atoms with van der Waals surface area (Å²) in [5, 5.41) is 1.49. The lowest BCUT2D eigenvalue weighted by Gasteiger charge is -2.43. The van der Waals surface area contributed by atoms with Crippen LogP contribution in [0.25, 0.3) is 0 Å². The molecule has 0 aliphatic heterocycles. The average Bonchev–Trinajstić information content (AvgIpc) is 2.92. The Balaban J connectivity index is 2.00. The highest BCUT2D eigenvalue weighted by Gasteiger charge is 2.53. The van der Waals surface area contributed by atoms with Crippen molar-refractivity contribution in [3.05, 3.63) is 108 Å². The van der Waals surface area contributed by atoms with Gasteiger partial charge in [-0.1, -0.05) is 99.1 Å². The Bertz CT molecular complexity index is 1510. The smallest absolute Gasteiger partial charge is 0.339 e. The normalized spacial score (nSPS) is 12.0. The first-order valence-corrected chi connectivity index (χ1v) is 15.8. The number of benzene rings is 4. The lowest BCUT2D eigenvalue weighted by atomic mass is 10.2. The molecular weight excluding hydrogens is 528 g/mol. The maximum absolute atomic E-state index is 13.4. The van der Waals surface area contributed by atoms with Gasteiger partial charge in [0.15, 0.2) is 23.5 Å². The fraction of sp³-hybridized carbons (Fsp3) is 0.194. The van der Waals surface area contributed by atoms with Crippen molar-refractivity contribution in [2.45, 2.75) is 37.6 Å². The highest BCUT2D eigenvalue weighted by atomic mass is 32.2. The van der Waals surface area contributed by atoms with Gasteiger partial charge in [-0.15, -0.1) is 0 Å². The number of ether oxygens (including phenoxy) is 1. The van der Waals surface area contributed by atoms with E-state index in [2.05, 4.69) is 20.8 Å². The summed E-state index contributed by atoms with van der Waals surface area (Å²) in [6.45, 7) is 8.15. The predicted molar refractivity (Wildman–Crippen MR) is 156 cm³/mol.